The van der Waals surface area contributed by atoms with Gasteiger partial charge in [0.1, 0.15) is 23.9 Å². The van der Waals surface area contributed by atoms with Crippen molar-refractivity contribution < 1.29 is 44.6 Å². The van der Waals surface area contributed by atoms with Gasteiger partial charge in [-0.25, -0.2) is 0 Å². The number of rotatable bonds is 3. The van der Waals surface area contributed by atoms with Crippen molar-refractivity contribution in [3.8, 4) is 0 Å². The Kier molecular flexibility index (Phi) is 5.79. The molecule has 4 fully saturated rings. The molecular formula is C25H40O9. The van der Waals surface area contributed by atoms with Crippen LogP contribution in [0.4, 0.5) is 0 Å². The monoisotopic (exact) mass is 484 g/mol. The zero-order chi connectivity index (χ0) is 25.6. The van der Waals surface area contributed by atoms with Crippen molar-refractivity contribution in [1.82, 2.24) is 0 Å². The van der Waals surface area contributed by atoms with Crippen molar-refractivity contribution in [2.75, 3.05) is 0 Å². The highest BCUT2D eigenvalue weighted by Gasteiger charge is 2.80. The van der Waals surface area contributed by atoms with E-state index in [0.29, 0.717) is 12.8 Å². The second-order valence-electron chi connectivity index (χ2n) is 12.2. The second-order valence-corrected chi connectivity index (χ2v) is 12.2. The third-order valence-electron chi connectivity index (χ3n) is 10.1. The molecule has 0 aliphatic heterocycles. The van der Waals surface area contributed by atoms with Crippen molar-refractivity contribution in [2.24, 2.45) is 28.6 Å². The van der Waals surface area contributed by atoms with E-state index in [1.807, 2.05) is 0 Å². The first kappa shape index (κ1) is 25.8. The molecule has 4 aliphatic rings. The summed E-state index contributed by atoms with van der Waals surface area (Å²) in [5.41, 5.74) is -7.57. The first-order valence-corrected chi connectivity index (χ1v) is 12.4. The van der Waals surface area contributed by atoms with Crippen LogP contribution in [-0.4, -0.2) is 78.7 Å². The molecule has 0 amide bonds. The van der Waals surface area contributed by atoms with Crippen molar-refractivity contribution in [2.45, 2.75) is 115 Å². The summed E-state index contributed by atoms with van der Waals surface area (Å²) >= 11 is 0. The molecule has 34 heavy (non-hydrogen) atoms. The van der Waals surface area contributed by atoms with Crippen LogP contribution in [-0.2, 0) is 19.1 Å². The molecule has 5 N–H and O–H groups in total. The van der Waals surface area contributed by atoms with Gasteiger partial charge in [-0.2, -0.15) is 0 Å². The highest BCUT2D eigenvalue weighted by atomic mass is 16.6. The van der Waals surface area contributed by atoms with Crippen molar-refractivity contribution in [1.29, 1.82) is 0 Å². The molecule has 0 radical (unpaired) electrons. The van der Waals surface area contributed by atoms with Gasteiger partial charge in [0.05, 0.1) is 22.7 Å². The standard InChI is InChI=1S/C25H40O9/c1-7-17(28)34-19-13-8-9-14-23(6,31)15-10-16(27)21(3,4)25(15,32)18(29)20(33-12(2)26)24(14,19)11-22(13,5)30/h13-16,18-20,27,29-32H,7-11H2,1-6H3/t13-,14+,15+,16+,18-,19+,20-,22-,23-,24+,25+/m1/s1. The van der Waals surface area contributed by atoms with E-state index in [1.165, 1.54) is 6.92 Å². The number of ether oxygens (including phenoxy) is 2. The largest absolute Gasteiger partial charge is 0.461 e. The minimum absolute atomic E-state index is 0.00787. The summed E-state index contributed by atoms with van der Waals surface area (Å²) in [6, 6.07) is 0. The first-order chi connectivity index (χ1) is 15.5. The van der Waals surface area contributed by atoms with Crippen LogP contribution >= 0.6 is 0 Å². The normalized spacial score (nSPS) is 53.4. The fraction of sp³-hybridized carbons (Fsp3) is 0.920. The number of hydrogen-bond donors (Lipinski definition) is 5. The number of carbonyl (C=O) groups excluding carboxylic acids is 2. The summed E-state index contributed by atoms with van der Waals surface area (Å²) < 4.78 is 11.7. The van der Waals surface area contributed by atoms with Crippen LogP contribution in [0.2, 0.25) is 0 Å². The maximum absolute atomic E-state index is 12.5. The maximum atomic E-state index is 12.5. The topological polar surface area (TPSA) is 154 Å². The summed E-state index contributed by atoms with van der Waals surface area (Å²) in [7, 11) is 0. The van der Waals surface area contributed by atoms with Gasteiger partial charge in [-0.1, -0.05) is 20.8 Å². The lowest BCUT2D eigenvalue weighted by Crippen LogP contribution is -2.64. The second kappa shape index (κ2) is 7.62. The van der Waals surface area contributed by atoms with Gasteiger partial charge < -0.3 is 35.0 Å². The van der Waals surface area contributed by atoms with E-state index in [4.69, 9.17) is 9.47 Å². The van der Waals surface area contributed by atoms with Gasteiger partial charge in [0, 0.05) is 36.5 Å². The van der Waals surface area contributed by atoms with Crippen molar-refractivity contribution in [3.63, 3.8) is 0 Å². The minimum atomic E-state index is -2.02. The van der Waals surface area contributed by atoms with Gasteiger partial charge in [-0.3, -0.25) is 9.59 Å². The summed E-state index contributed by atoms with van der Waals surface area (Å²) in [5, 5.41) is 58.5. The highest BCUT2D eigenvalue weighted by molar-refractivity contribution is 5.69. The Labute approximate surface area is 200 Å². The number of hydrogen-bond acceptors (Lipinski definition) is 9. The van der Waals surface area contributed by atoms with Gasteiger partial charge in [0.2, 0.25) is 0 Å². The Morgan fingerprint density at radius 2 is 1.56 bits per heavy atom. The molecule has 0 heterocycles. The zero-order valence-electron chi connectivity index (χ0n) is 20.9. The minimum Gasteiger partial charge on any atom is -0.461 e. The van der Waals surface area contributed by atoms with Crippen molar-refractivity contribution >= 4 is 11.9 Å². The van der Waals surface area contributed by atoms with Gasteiger partial charge in [-0.05, 0) is 39.5 Å². The predicted octanol–water partition coefficient (Wildman–Crippen LogP) is 0.671. The molecule has 0 saturated heterocycles. The molecule has 2 bridgehead atoms. The van der Waals surface area contributed by atoms with Crippen molar-refractivity contribution in [3.05, 3.63) is 0 Å². The van der Waals surface area contributed by atoms with Gasteiger partial charge in [-0.15, -0.1) is 0 Å². The van der Waals surface area contributed by atoms with E-state index in [-0.39, 0.29) is 19.3 Å². The van der Waals surface area contributed by atoms with Crippen LogP contribution in [0, 0.1) is 28.6 Å². The lowest BCUT2D eigenvalue weighted by molar-refractivity contribution is -0.233. The number of aliphatic hydroxyl groups excluding tert-OH is 2. The molecule has 11 atom stereocenters. The van der Waals surface area contributed by atoms with E-state index < -0.39 is 81.7 Å². The predicted molar refractivity (Wildman–Crippen MR) is 119 cm³/mol. The van der Waals surface area contributed by atoms with Crippen LogP contribution in [0.25, 0.3) is 0 Å². The molecule has 4 rings (SSSR count). The molecule has 1 spiro atoms. The molecular weight excluding hydrogens is 444 g/mol. The number of carbonyl (C=O) groups is 2. The first-order valence-electron chi connectivity index (χ1n) is 12.4. The zero-order valence-corrected chi connectivity index (χ0v) is 20.9. The molecule has 9 nitrogen and oxygen atoms in total. The highest BCUT2D eigenvalue weighted by Crippen LogP contribution is 2.71. The fourth-order valence-corrected chi connectivity index (χ4v) is 8.47. The fourth-order valence-electron chi connectivity index (χ4n) is 8.47. The third kappa shape index (κ3) is 3.03. The Bertz CT molecular complexity index is 866. The van der Waals surface area contributed by atoms with E-state index in [2.05, 4.69) is 0 Å². The number of esters is 2. The van der Waals surface area contributed by atoms with E-state index in [9.17, 15) is 35.1 Å². The average Bonchev–Trinajstić information content (AvgIpc) is 2.97. The van der Waals surface area contributed by atoms with Crippen LogP contribution < -0.4 is 0 Å². The smallest absolute Gasteiger partial charge is 0.305 e. The Morgan fingerprint density at radius 3 is 2.12 bits per heavy atom. The number of aliphatic hydroxyl groups is 5. The summed E-state index contributed by atoms with van der Waals surface area (Å²) in [4.78, 5) is 24.9. The molecule has 0 unspecified atom stereocenters. The summed E-state index contributed by atoms with van der Waals surface area (Å²) in [6.07, 6.45) is -4.07. The lowest BCUT2D eigenvalue weighted by Gasteiger charge is -2.53. The van der Waals surface area contributed by atoms with E-state index in [0.717, 1.165) is 0 Å². The van der Waals surface area contributed by atoms with Crippen LogP contribution in [0.1, 0.15) is 73.6 Å². The molecule has 0 aromatic heterocycles. The van der Waals surface area contributed by atoms with Crippen LogP contribution in [0.15, 0.2) is 0 Å². The lowest BCUT2D eigenvalue weighted by atomic mass is 9.56. The van der Waals surface area contributed by atoms with Crippen LogP contribution in [0.3, 0.4) is 0 Å². The van der Waals surface area contributed by atoms with Gasteiger partial charge in [0.15, 0.2) is 0 Å². The maximum Gasteiger partial charge on any atom is 0.305 e. The van der Waals surface area contributed by atoms with Gasteiger partial charge in [0.25, 0.3) is 0 Å². The van der Waals surface area contributed by atoms with E-state index >= 15 is 0 Å². The molecule has 0 aromatic rings. The third-order valence-corrected chi connectivity index (χ3v) is 10.1. The molecule has 0 aromatic carbocycles. The Morgan fingerprint density at radius 1 is 0.941 bits per heavy atom. The van der Waals surface area contributed by atoms with Crippen LogP contribution in [0.5, 0.6) is 0 Å². The van der Waals surface area contributed by atoms with Gasteiger partial charge >= 0.3 is 11.9 Å². The summed E-state index contributed by atoms with van der Waals surface area (Å²) in [5.74, 6) is -3.34. The summed E-state index contributed by atoms with van der Waals surface area (Å²) in [6.45, 7) is 9.31. The molecule has 4 aliphatic carbocycles. The molecule has 9 heteroatoms. The quantitative estimate of drug-likeness (QED) is 0.364. The molecule has 4 saturated carbocycles. The number of fused-ring (bicyclic) bond motifs is 2. The Balaban J connectivity index is 2.01. The SMILES string of the molecule is CCC(=O)O[C@H]1[C@H]2CC[C@H]3[C@@](C)(O)[C@@H]4C[C@H](O)C(C)(C)[C@@]4(O)[C@H](O)[C@@H](OC(C)=O)[C@]13C[C@@]2(C)O. The Hall–Kier alpha value is -1.26. The molecule has 194 valence electrons. The average molecular weight is 485 g/mol. The van der Waals surface area contributed by atoms with E-state index in [1.54, 1.807) is 34.6 Å².